The molecule has 1 aliphatic rings. The second-order valence-corrected chi connectivity index (χ2v) is 13.7. The fourth-order valence-corrected chi connectivity index (χ4v) is 5.40. The number of fused-ring (bicyclic) bond motifs is 1. The number of H-pyrrole nitrogens is 1. The van der Waals surface area contributed by atoms with Gasteiger partial charge in [0.2, 0.25) is 11.8 Å². The van der Waals surface area contributed by atoms with E-state index in [1.165, 1.54) is 28.7 Å². The Balaban J connectivity index is 0.000000892. The topological polar surface area (TPSA) is 171 Å². The molecule has 1 fully saturated rings. The van der Waals surface area contributed by atoms with Crippen LogP contribution >= 0.6 is 34.5 Å². The summed E-state index contributed by atoms with van der Waals surface area (Å²) in [4.78, 5) is 69.1. The van der Waals surface area contributed by atoms with E-state index in [1.54, 1.807) is 39.8 Å². The van der Waals surface area contributed by atoms with Crippen molar-refractivity contribution in [3.63, 3.8) is 0 Å². The first-order chi connectivity index (χ1) is 24.5. The quantitative estimate of drug-likeness (QED) is 0.165. The number of halogens is 2. The van der Waals surface area contributed by atoms with E-state index >= 15 is 0 Å². The number of aromatic amines is 1. The first-order valence-electron chi connectivity index (χ1n) is 17.4. The summed E-state index contributed by atoms with van der Waals surface area (Å²) < 4.78 is 5.07. The van der Waals surface area contributed by atoms with Crippen molar-refractivity contribution in [3.05, 3.63) is 62.7 Å². The predicted octanol–water partition coefficient (Wildman–Crippen LogP) is 8.32. The molecule has 52 heavy (non-hydrogen) atoms. The van der Waals surface area contributed by atoms with Crippen LogP contribution in [0.5, 0.6) is 0 Å². The molecule has 0 radical (unpaired) electrons. The number of hydrogen-bond acceptors (Lipinski definition) is 8. The average Bonchev–Trinajstić information content (AvgIpc) is 3.81. The van der Waals surface area contributed by atoms with Gasteiger partial charge >= 0.3 is 12.1 Å². The van der Waals surface area contributed by atoms with Crippen LogP contribution in [0.1, 0.15) is 88.5 Å². The molecule has 2 unspecified atom stereocenters. The maximum absolute atomic E-state index is 12.5. The predicted molar refractivity (Wildman–Crippen MR) is 212 cm³/mol. The lowest BCUT2D eigenvalue weighted by atomic mass is 10.0. The number of likely N-dealkylation sites (tertiary alicyclic amines) is 1. The Hall–Kier alpha value is -3.94. The van der Waals surface area contributed by atoms with Crippen LogP contribution in [-0.4, -0.2) is 74.6 Å². The Labute approximate surface area is 321 Å². The number of ether oxygens (including phenoxy) is 1. The van der Waals surface area contributed by atoms with Crippen molar-refractivity contribution in [2.24, 2.45) is 5.92 Å². The lowest BCUT2D eigenvalue weighted by Gasteiger charge is -2.27. The van der Waals surface area contributed by atoms with E-state index in [4.69, 9.17) is 27.9 Å². The number of carboxylic acids is 1. The zero-order valence-corrected chi connectivity index (χ0v) is 34.2. The van der Waals surface area contributed by atoms with E-state index in [-0.39, 0.29) is 12.1 Å². The van der Waals surface area contributed by atoms with Gasteiger partial charge in [0.25, 0.3) is 5.56 Å². The molecule has 4 N–H and O–H groups in total. The molecule has 1 saturated heterocycles. The minimum atomic E-state index is -1.17. The Bertz CT molecular complexity index is 1640. The molecule has 290 valence electrons. The minimum Gasteiger partial charge on any atom is -0.480 e. The molecule has 3 aromatic rings. The zero-order chi connectivity index (χ0) is 40.2. The number of alkyl carbamates (subject to hydrolysis) is 1. The third kappa shape index (κ3) is 15.7. The van der Waals surface area contributed by atoms with E-state index in [9.17, 15) is 29.1 Å². The first kappa shape index (κ1) is 48.1. The highest BCUT2D eigenvalue weighted by Gasteiger charge is 2.36. The smallest absolute Gasteiger partial charge is 0.408 e. The number of rotatable bonds is 8. The van der Waals surface area contributed by atoms with E-state index < -0.39 is 47.5 Å². The van der Waals surface area contributed by atoms with Crippen LogP contribution < -0.4 is 16.2 Å². The van der Waals surface area contributed by atoms with Crippen molar-refractivity contribution >= 4 is 69.4 Å². The van der Waals surface area contributed by atoms with Gasteiger partial charge in [-0.1, -0.05) is 90.2 Å². The summed E-state index contributed by atoms with van der Waals surface area (Å²) in [6, 6.07) is 5.09. The van der Waals surface area contributed by atoms with Gasteiger partial charge < -0.3 is 30.4 Å². The molecule has 1 aliphatic heterocycles. The monoisotopic (exact) mass is 783 g/mol. The van der Waals surface area contributed by atoms with Gasteiger partial charge in [-0.05, 0) is 57.2 Å². The van der Waals surface area contributed by atoms with Crippen LogP contribution in [0.2, 0.25) is 10.0 Å². The van der Waals surface area contributed by atoms with Crippen LogP contribution in [-0.2, 0) is 19.1 Å². The van der Waals surface area contributed by atoms with Crippen LogP contribution in [0.25, 0.3) is 21.6 Å². The third-order valence-electron chi connectivity index (χ3n) is 6.61. The van der Waals surface area contributed by atoms with Crippen molar-refractivity contribution < 1.29 is 29.0 Å². The van der Waals surface area contributed by atoms with Crippen molar-refractivity contribution in [1.29, 1.82) is 0 Å². The molecule has 0 bridgehead atoms. The van der Waals surface area contributed by atoms with Gasteiger partial charge in [0.05, 0.1) is 26.0 Å². The number of carbonyl (C=O) groups excluding carboxylic acids is 3. The average molecular weight is 785 g/mol. The molecule has 3 atom stereocenters. The number of nitrogens with zero attached hydrogens (tertiary/aromatic N) is 2. The Morgan fingerprint density at radius 1 is 1.15 bits per heavy atom. The number of amides is 3. The van der Waals surface area contributed by atoms with E-state index in [2.05, 4.69) is 41.0 Å². The maximum atomic E-state index is 12.5. The van der Waals surface area contributed by atoms with Crippen molar-refractivity contribution in [3.8, 4) is 10.6 Å². The summed E-state index contributed by atoms with van der Waals surface area (Å²) in [7, 11) is 0. The Morgan fingerprint density at radius 3 is 2.27 bits per heavy atom. The number of benzene rings is 1. The molecule has 1 aromatic carbocycles. The molecular weight excluding hydrogens is 729 g/mol. The van der Waals surface area contributed by atoms with Gasteiger partial charge in [-0.2, -0.15) is 0 Å². The van der Waals surface area contributed by atoms with Crippen LogP contribution in [0.4, 0.5) is 4.79 Å². The fourth-order valence-electron chi connectivity index (χ4n) is 4.37. The molecule has 0 saturated carbocycles. The number of carbonyl (C=O) groups is 4. The maximum Gasteiger partial charge on any atom is 0.408 e. The van der Waals surface area contributed by atoms with E-state index in [0.29, 0.717) is 46.2 Å². The standard InChI is InChI=1S/C18H29N3O6.C12H6Cl2N2OS.C3H8.2C2H6/c1-6-11(2)14(16(24)25)20-15(23)12-8-7-9-21(12)13(22)10-19-17(26)27-18(3,4)5;13-6-4-8-9(5-7(6)14)16-12(17)11(15-8)10-2-1-3-18-10;1-3-2;2*1-2/h6,11-12,14H,1,7-10H2,2-5H3,(H,19,26)(H,20,23)(H,24,25);1-5H,(H,16,17);3H2,1-2H3;2*1-2H3/t11?,12-,14?;;;;/m0..../s1. The lowest BCUT2D eigenvalue weighted by Crippen LogP contribution is -2.53. The highest BCUT2D eigenvalue weighted by Crippen LogP contribution is 2.27. The van der Waals surface area contributed by atoms with Gasteiger partial charge in [0, 0.05) is 12.5 Å². The largest absolute Gasteiger partial charge is 0.480 e. The molecular formula is C37H55Cl2N5O7S. The van der Waals surface area contributed by atoms with Crippen LogP contribution in [0.15, 0.2) is 47.1 Å². The van der Waals surface area contributed by atoms with Gasteiger partial charge in [0.15, 0.2) is 0 Å². The number of hydrogen-bond donors (Lipinski definition) is 4. The van der Waals surface area contributed by atoms with E-state index in [1.807, 2.05) is 45.2 Å². The molecule has 4 rings (SSSR count). The Morgan fingerprint density at radius 2 is 1.75 bits per heavy atom. The molecule has 12 nitrogen and oxygen atoms in total. The van der Waals surface area contributed by atoms with Crippen molar-refractivity contribution in [1.82, 2.24) is 25.5 Å². The number of aliphatic carboxylic acids is 1. The number of aromatic nitrogens is 2. The summed E-state index contributed by atoms with van der Waals surface area (Å²) in [6.45, 7) is 22.6. The van der Waals surface area contributed by atoms with Gasteiger partial charge in [-0.3, -0.25) is 14.4 Å². The van der Waals surface area contributed by atoms with Gasteiger partial charge in [-0.25, -0.2) is 14.6 Å². The minimum absolute atomic E-state index is 0.233. The second kappa shape index (κ2) is 24.3. The number of carboxylic acid groups (broad SMARTS) is 1. The van der Waals surface area contributed by atoms with Crippen molar-refractivity contribution in [2.45, 2.75) is 106 Å². The van der Waals surface area contributed by atoms with Gasteiger partial charge in [-0.15, -0.1) is 17.9 Å². The molecule has 0 spiro atoms. The molecule has 2 aromatic heterocycles. The number of thiophene rings is 1. The summed E-state index contributed by atoms with van der Waals surface area (Å²) in [6.07, 6.45) is 3.02. The highest BCUT2D eigenvalue weighted by atomic mass is 35.5. The van der Waals surface area contributed by atoms with Crippen molar-refractivity contribution in [2.75, 3.05) is 13.1 Å². The molecule has 3 amide bonds. The van der Waals surface area contributed by atoms with Gasteiger partial charge in [0.1, 0.15) is 29.9 Å². The zero-order valence-electron chi connectivity index (χ0n) is 31.9. The molecule has 15 heteroatoms. The lowest BCUT2D eigenvalue weighted by molar-refractivity contribution is -0.144. The normalized spacial score (nSPS) is 14.2. The highest BCUT2D eigenvalue weighted by molar-refractivity contribution is 7.13. The summed E-state index contributed by atoms with van der Waals surface area (Å²) in [5.74, 6) is -2.59. The SMILES string of the molecule is C=CC(C)C(NC(=O)[C@@H]1CCCN1C(=O)CNC(=O)OC(C)(C)C)C(=O)O.CC.CC.CCC.O=c1[nH]c2cc(Cl)c(Cl)cc2nc1-c1cccs1. The summed E-state index contributed by atoms with van der Waals surface area (Å²) >= 11 is 13.3. The first-order valence-corrected chi connectivity index (χ1v) is 19.0. The summed E-state index contributed by atoms with van der Waals surface area (Å²) in [5.41, 5.74) is 0.679. The fraction of sp³-hybridized carbons (Fsp3) is 0.514. The third-order valence-corrected chi connectivity index (χ3v) is 8.21. The van der Waals surface area contributed by atoms with E-state index in [0.717, 1.165) is 4.88 Å². The van der Waals surface area contributed by atoms with Crippen LogP contribution in [0, 0.1) is 5.92 Å². The molecule has 0 aliphatic carbocycles. The number of nitrogens with one attached hydrogen (secondary N) is 3. The Kier molecular flexibility index (Phi) is 22.5. The summed E-state index contributed by atoms with van der Waals surface area (Å²) in [5, 5.41) is 16.8. The second-order valence-electron chi connectivity index (χ2n) is 11.9. The van der Waals surface area contributed by atoms with Crippen LogP contribution in [0.3, 0.4) is 0 Å². The molecule has 3 heterocycles.